The number of aromatic nitrogens is 2. The van der Waals surface area contributed by atoms with E-state index in [1.165, 1.54) is 23.3 Å². The minimum atomic E-state index is -2.70. The van der Waals surface area contributed by atoms with Gasteiger partial charge in [0.1, 0.15) is 5.75 Å². The Labute approximate surface area is 219 Å². The number of nitrogens with zero attached hydrogens (tertiary/aromatic N) is 3. The molecule has 3 aromatic rings. The maximum absolute atomic E-state index is 13.7. The molecule has 1 spiro atoms. The number of carbonyl (C=O) groups is 1. The Hall–Kier alpha value is -3.33. The fourth-order valence-electron chi connectivity index (χ4n) is 6.26. The van der Waals surface area contributed by atoms with E-state index < -0.39 is 17.8 Å². The van der Waals surface area contributed by atoms with Crippen molar-refractivity contribution >= 4 is 5.97 Å². The van der Waals surface area contributed by atoms with E-state index in [-0.39, 0.29) is 28.7 Å². The number of hydrogen-bond acceptors (Lipinski definition) is 6. The van der Waals surface area contributed by atoms with Crippen LogP contribution in [0.3, 0.4) is 0 Å². The van der Waals surface area contributed by atoms with Gasteiger partial charge in [0.25, 0.3) is 12.3 Å². The number of benzene rings is 2. The van der Waals surface area contributed by atoms with Crippen molar-refractivity contribution in [2.24, 2.45) is 5.41 Å². The van der Waals surface area contributed by atoms with Crippen LogP contribution in [0.5, 0.6) is 5.75 Å². The molecule has 1 unspecified atom stereocenters. The number of rotatable bonds is 8. The highest BCUT2D eigenvalue weighted by Crippen LogP contribution is 2.51. The molecule has 7 nitrogen and oxygen atoms in total. The molecule has 6 rings (SSSR count). The van der Waals surface area contributed by atoms with Gasteiger partial charge >= 0.3 is 5.97 Å². The van der Waals surface area contributed by atoms with Crippen LogP contribution < -0.4 is 4.74 Å². The van der Waals surface area contributed by atoms with Crippen LogP contribution in [-0.2, 0) is 16.6 Å². The molecule has 2 aromatic carbocycles. The Morgan fingerprint density at radius 2 is 2.00 bits per heavy atom. The normalized spacial score (nSPS) is 21.9. The Balaban J connectivity index is 1.26. The average Bonchev–Trinajstić information content (AvgIpc) is 3.19. The second-order valence-electron chi connectivity index (χ2n) is 11.3. The minimum Gasteiger partial charge on any atom is -0.491 e. The molecule has 3 aliphatic rings. The van der Waals surface area contributed by atoms with Gasteiger partial charge in [0.05, 0.1) is 17.1 Å². The van der Waals surface area contributed by atoms with Crippen molar-refractivity contribution < 1.29 is 27.9 Å². The molecule has 2 aliphatic carbocycles. The summed E-state index contributed by atoms with van der Waals surface area (Å²) in [5.41, 5.74) is 3.02. The van der Waals surface area contributed by atoms with E-state index >= 15 is 0 Å². The van der Waals surface area contributed by atoms with Crippen molar-refractivity contribution in [3.63, 3.8) is 0 Å². The third kappa shape index (κ3) is 4.26. The first-order valence-corrected chi connectivity index (χ1v) is 13.2. The predicted octanol–water partition coefficient (Wildman–Crippen LogP) is 5.88. The first-order chi connectivity index (χ1) is 18.2. The lowest BCUT2D eigenvalue weighted by Gasteiger charge is -2.27. The number of fused-ring (bicyclic) bond motifs is 2. The largest absolute Gasteiger partial charge is 0.491 e. The lowest BCUT2D eigenvalue weighted by atomic mass is 9.81. The van der Waals surface area contributed by atoms with Gasteiger partial charge in [-0.05, 0) is 81.8 Å². The molecule has 1 aliphatic heterocycles. The SMILES string of the molecule is CC(C)Oc1ccc(-c2nc(-c3cccc4c3CCC43CCN(CC4(C(=O)O)CC4)C3)no2)cc1C(F)F. The van der Waals surface area contributed by atoms with Gasteiger partial charge < -0.3 is 19.3 Å². The summed E-state index contributed by atoms with van der Waals surface area (Å²) in [4.78, 5) is 18.6. The van der Waals surface area contributed by atoms with Crippen molar-refractivity contribution in [1.29, 1.82) is 0 Å². The van der Waals surface area contributed by atoms with Crippen LogP contribution in [0.1, 0.15) is 62.6 Å². The van der Waals surface area contributed by atoms with Crippen LogP contribution in [0.25, 0.3) is 22.8 Å². The van der Waals surface area contributed by atoms with Gasteiger partial charge in [-0.25, -0.2) is 8.78 Å². The lowest BCUT2D eigenvalue weighted by Crippen LogP contribution is -2.35. The standard InChI is InChI=1S/C29H31F2N3O4/c1-17(2)37-23-7-6-18(14-21(23)24(30)31)26-32-25(33-38-26)20-4-3-5-22-19(20)8-9-28(22)12-13-34(15-28)16-29(10-11-29)27(35)36/h3-7,14,17,24H,8-13,15-16H2,1-2H3,(H,35,36). The number of halogens is 2. The highest BCUT2D eigenvalue weighted by molar-refractivity contribution is 5.78. The quantitative estimate of drug-likeness (QED) is 0.394. The smallest absolute Gasteiger partial charge is 0.310 e. The monoisotopic (exact) mass is 523 g/mol. The molecular weight excluding hydrogens is 492 g/mol. The summed E-state index contributed by atoms with van der Waals surface area (Å²) in [6, 6.07) is 10.7. The van der Waals surface area contributed by atoms with E-state index in [0.717, 1.165) is 50.8 Å². The molecular formula is C29H31F2N3O4. The molecule has 1 saturated heterocycles. The maximum atomic E-state index is 13.7. The molecule has 2 heterocycles. The topological polar surface area (TPSA) is 88.7 Å². The summed E-state index contributed by atoms with van der Waals surface area (Å²) in [6.07, 6.45) is 1.47. The molecule has 1 N–H and O–H groups in total. The fourth-order valence-corrected chi connectivity index (χ4v) is 6.26. The highest BCUT2D eigenvalue weighted by atomic mass is 19.3. The predicted molar refractivity (Wildman–Crippen MR) is 136 cm³/mol. The van der Waals surface area contributed by atoms with E-state index in [0.29, 0.717) is 17.9 Å². The minimum absolute atomic E-state index is 0.00486. The second-order valence-corrected chi connectivity index (χ2v) is 11.3. The average molecular weight is 524 g/mol. The number of carboxylic acids is 1. The zero-order valence-electron chi connectivity index (χ0n) is 21.5. The first-order valence-electron chi connectivity index (χ1n) is 13.2. The molecule has 1 saturated carbocycles. The Morgan fingerprint density at radius 1 is 1.18 bits per heavy atom. The number of alkyl halides is 2. The molecule has 1 aromatic heterocycles. The Morgan fingerprint density at radius 3 is 2.71 bits per heavy atom. The van der Waals surface area contributed by atoms with Gasteiger partial charge in [0.15, 0.2) is 0 Å². The highest BCUT2D eigenvalue weighted by Gasteiger charge is 2.53. The van der Waals surface area contributed by atoms with Crippen LogP contribution in [0.15, 0.2) is 40.9 Å². The van der Waals surface area contributed by atoms with E-state index in [1.54, 1.807) is 19.9 Å². The van der Waals surface area contributed by atoms with Crippen LogP contribution >= 0.6 is 0 Å². The number of ether oxygens (including phenoxy) is 1. The van der Waals surface area contributed by atoms with Gasteiger partial charge in [-0.3, -0.25) is 4.79 Å². The van der Waals surface area contributed by atoms with Crippen molar-refractivity contribution in [3.05, 3.63) is 53.1 Å². The molecule has 1 atom stereocenters. The van der Waals surface area contributed by atoms with Crippen molar-refractivity contribution in [3.8, 4) is 28.6 Å². The zero-order chi connectivity index (χ0) is 26.7. The van der Waals surface area contributed by atoms with Crippen molar-refractivity contribution in [2.75, 3.05) is 19.6 Å². The van der Waals surface area contributed by atoms with Crippen LogP contribution in [0.2, 0.25) is 0 Å². The zero-order valence-corrected chi connectivity index (χ0v) is 21.5. The molecule has 0 bridgehead atoms. The molecule has 200 valence electrons. The van der Waals surface area contributed by atoms with E-state index in [1.807, 2.05) is 12.1 Å². The number of hydrogen-bond donors (Lipinski definition) is 1. The van der Waals surface area contributed by atoms with Crippen LogP contribution in [0, 0.1) is 5.41 Å². The van der Waals surface area contributed by atoms with Gasteiger partial charge in [-0.1, -0.05) is 23.4 Å². The molecule has 38 heavy (non-hydrogen) atoms. The molecule has 9 heteroatoms. The summed E-state index contributed by atoms with van der Waals surface area (Å²) in [7, 11) is 0. The van der Waals surface area contributed by atoms with Crippen molar-refractivity contribution in [2.45, 2.75) is 63.9 Å². The number of likely N-dealkylation sites (tertiary alicyclic amines) is 1. The summed E-state index contributed by atoms with van der Waals surface area (Å²) < 4.78 is 38.5. The Kier molecular flexibility index (Phi) is 6.01. The summed E-state index contributed by atoms with van der Waals surface area (Å²) in [5, 5.41) is 13.8. The van der Waals surface area contributed by atoms with E-state index in [9.17, 15) is 18.7 Å². The van der Waals surface area contributed by atoms with Gasteiger partial charge in [0, 0.05) is 29.6 Å². The van der Waals surface area contributed by atoms with E-state index in [4.69, 9.17) is 9.26 Å². The third-order valence-electron chi connectivity index (χ3n) is 8.39. The van der Waals surface area contributed by atoms with Gasteiger partial charge in [-0.15, -0.1) is 0 Å². The van der Waals surface area contributed by atoms with Crippen molar-refractivity contribution in [1.82, 2.24) is 15.0 Å². The van der Waals surface area contributed by atoms with E-state index in [2.05, 4.69) is 21.1 Å². The summed E-state index contributed by atoms with van der Waals surface area (Å²) in [5.74, 6) is 0.0842. The maximum Gasteiger partial charge on any atom is 0.310 e. The third-order valence-corrected chi connectivity index (χ3v) is 8.39. The van der Waals surface area contributed by atoms with Gasteiger partial charge in [0.2, 0.25) is 5.82 Å². The lowest BCUT2D eigenvalue weighted by molar-refractivity contribution is -0.144. The molecule has 2 fully saturated rings. The fraction of sp³-hybridized carbons (Fsp3) is 0.483. The van der Waals surface area contributed by atoms with Crippen LogP contribution in [0.4, 0.5) is 8.78 Å². The number of carboxylic acid groups (broad SMARTS) is 1. The Bertz CT molecular complexity index is 1380. The van der Waals surface area contributed by atoms with Gasteiger partial charge in [-0.2, -0.15) is 4.98 Å². The molecule has 0 radical (unpaired) electrons. The van der Waals surface area contributed by atoms with Crippen LogP contribution in [-0.4, -0.2) is 51.9 Å². The second kappa shape index (κ2) is 9.15. The first kappa shape index (κ1) is 25.0. The molecule has 0 amide bonds. The summed E-state index contributed by atoms with van der Waals surface area (Å²) >= 11 is 0. The number of aliphatic carboxylic acids is 1. The summed E-state index contributed by atoms with van der Waals surface area (Å²) in [6.45, 7) is 5.96.